The van der Waals surface area contributed by atoms with E-state index in [1.165, 1.54) is 12.1 Å². The standard InChI is InChI=1S/C21H28FN3O3.HI/c1-5-27-20-12-16(6-11-19(20)26-4)14-25-21(23-3)24-13-15(2)28-18-9-7-17(22)8-10-18;/h6-12,15H,5,13-14H2,1-4H3,(H2,23,24,25);1H. The molecule has 0 amide bonds. The molecule has 1 unspecified atom stereocenters. The molecular weight excluding hydrogens is 488 g/mol. The molecule has 29 heavy (non-hydrogen) atoms. The number of rotatable bonds is 9. The molecule has 0 aromatic heterocycles. The number of ether oxygens (including phenoxy) is 3. The lowest BCUT2D eigenvalue weighted by Crippen LogP contribution is -2.41. The van der Waals surface area contributed by atoms with E-state index in [1.54, 1.807) is 26.3 Å². The van der Waals surface area contributed by atoms with Gasteiger partial charge in [-0.2, -0.15) is 0 Å². The lowest BCUT2D eigenvalue weighted by Gasteiger charge is -2.18. The van der Waals surface area contributed by atoms with Crippen LogP contribution >= 0.6 is 24.0 Å². The van der Waals surface area contributed by atoms with E-state index in [0.29, 0.717) is 42.9 Å². The second-order valence-corrected chi connectivity index (χ2v) is 6.11. The molecule has 0 bridgehead atoms. The second kappa shape index (κ2) is 13.1. The minimum Gasteiger partial charge on any atom is -0.493 e. The first kappa shape index (κ1) is 24.8. The van der Waals surface area contributed by atoms with E-state index in [-0.39, 0.29) is 35.9 Å². The Morgan fingerprint density at radius 1 is 1.10 bits per heavy atom. The van der Waals surface area contributed by atoms with Gasteiger partial charge in [0, 0.05) is 13.6 Å². The van der Waals surface area contributed by atoms with Crippen LogP contribution in [0.15, 0.2) is 47.5 Å². The van der Waals surface area contributed by atoms with Crippen molar-refractivity contribution in [3.8, 4) is 17.2 Å². The highest BCUT2D eigenvalue weighted by Gasteiger charge is 2.08. The van der Waals surface area contributed by atoms with E-state index in [1.807, 2.05) is 32.0 Å². The van der Waals surface area contributed by atoms with Crippen molar-refractivity contribution >= 4 is 29.9 Å². The quantitative estimate of drug-likeness (QED) is 0.300. The Bertz CT molecular complexity index is 772. The van der Waals surface area contributed by atoms with Gasteiger partial charge in [0.1, 0.15) is 17.7 Å². The molecule has 8 heteroatoms. The van der Waals surface area contributed by atoms with Crippen LogP contribution in [0.2, 0.25) is 0 Å². The van der Waals surface area contributed by atoms with Crippen molar-refractivity contribution in [2.75, 3.05) is 27.3 Å². The maximum absolute atomic E-state index is 13.0. The summed E-state index contributed by atoms with van der Waals surface area (Å²) in [6, 6.07) is 11.8. The van der Waals surface area contributed by atoms with Gasteiger partial charge in [0.05, 0.1) is 20.3 Å². The zero-order chi connectivity index (χ0) is 20.4. The maximum atomic E-state index is 13.0. The van der Waals surface area contributed by atoms with Crippen molar-refractivity contribution in [3.05, 3.63) is 53.8 Å². The highest BCUT2D eigenvalue weighted by molar-refractivity contribution is 14.0. The van der Waals surface area contributed by atoms with Crippen LogP contribution in [0.5, 0.6) is 17.2 Å². The van der Waals surface area contributed by atoms with Crippen LogP contribution in [0.1, 0.15) is 19.4 Å². The van der Waals surface area contributed by atoms with E-state index >= 15 is 0 Å². The minimum absolute atomic E-state index is 0. The molecule has 0 saturated heterocycles. The number of nitrogens with zero attached hydrogens (tertiary/aromatic N) is 1. The second-order valence-electron chi connectivity index (χ2n) is 6.11. The molecule has 0 aliphatic heterocycles. The number of benzene rings is 2. The normalized spacial score (nSPS) is 11.8. The zero-order valence-corrected chi connectivity index (χ0v) is 19.5. The Labute approximate surface area is 188 Å². The SMILES string of the molecule is CCOc1cc(CNC(=NC)NCC(C)Oc2ccc(F)cc2)ccc1OC.I. The van der Waals surface area contributed by atoms with Crippen LogP contribution in [0.3, 0.4) is 0 Å². The first-order valence-corrected chi connectivity index (χ1v) is 9.22. The fourth-order valence-corrected chi connectivity index (χ4v) is 2.53. The lowest BCUT2D eigenvalue weighted by molar-refractivity contribution is 0.223. The van der Waals surface area contributed by atoms with Gasteiger partial charge in [-0.05, 0) is 55.8 Å². The molecule has 2 rings (SSSR count). The molecule has 0 aliphatic rings. The Morgan fingerprint density at radius 3 is 2.45 bits per heavy atom. The summed E-state index contributed by atoms with van der Waals surface area (Å²) in [6.07, 6.45) is -0.116. The molecule has 1 atom stereocenters. The number of aliphatic imine (C=N–C) groups is 1. The third-order valence-electron chi connectivity index (χ3n) is 3.92. The Kier molecular flexibility index (Phi) is 11.2. The van der Waals surface area contributed by atoms with Gasteiger partial charge < -0.3 is 24.8 Å². The summed E-state index contributed by atoms with van der Waals surface area (Å²) in [7, 11) is 3.33. The fourth-order valence-electron chi connectivity index (χ4n) is 2.53. The Morgan fingerprint density at radius 2 is 1.83 bits per heavy atom. The molecular formula is C21H29FIN3O3. The molecule has 2 aromatic rings. The van der Waals surface area contributed by atoms with Crippen molar-refractivity contribution in [1.29, 1.82) is 0 Å². The van der Waals surface area contributed by atoms with Crippen LogP contribution < -0.4 is 24.8 Å². The topological polar surface area (TPSA) is 64.1 Å². The molecule has 0 aliphatic carbocycles. The highest BCUT2D eigenvalue weighted by atomic mass is 127. The predicted octanol–water partition coefficient (Wildman–Crippen LogP) is 3.98. The molecule has 160 valence electrons. The van der Waals surface area contributed by atoms with E-state index < -0.39 is 0 Å². The van der Waals surface area contributed by atoms with Crippen molar-refractivity contribution in [3.63, 3.8) is 0 Å². The smallest absolute Gasteiger partial charge is 0.191 e. The summed E-state index contributed by atoms with van der Waals surface area (Å²) in [5.74, 6) is 2.42. The monoisotopic (exact) mass is 517 g/mol. The zero-order valence-electron chi connectivity index (χ0n) is 17.2. The first-order valence-electron chi connectivity index (χ1n) is 9.22. The summed E-state index contributed by atoms with van der Waals surface area (Å²) in [6.45, 7) is 5.57. The molecule has 0 heterocycles. The van der Waals surface area contributed by atoms with Crippen LogP contribution in [0.4, 0.5) is 4.39 Å². The van der Waals surface area contributed by atoms with Gasteiger partial charge in [-0.25, -0.2) is 4.39 Å². The van der Waals surface area contributed by atoms with E-state index in [9.17, 15) is 4.39 Å². The minimum atomic E-state index is -0.284. The third kappa shape index (κ3) is 8.35. The summed E-state index contributed by atoms with van der Waals surface area (Å²) in [5.41, 5.74) is 1.04. The van der Waals surface area contributed by atoms with Crippen molar-refractivity contribution in [1.82, 2.24) is 10.6 Å². The van der Waals surface area contributed by atoms with Crippen molar-refractivity contribution < 1.29 is 18.6 Å². The van der Waals surface area contributed by atoms with Gasteiger partial charge >= 0.3 is 0 Å². The molecule has 2 aromatic carbocycles. The first-order chi connectivity index (χ1) is 13.5. The largest absolute Gasteiger partial charge is 0.493 e. The van der Waals surface area contributed by atoms with Gasteiger partial charge in [-0.1, -0.05) is 6.07 Å². The van der Waals surface area contributed by atoms with Crippen LogP contribution in [0, 0.1) is 5.82 Å². The number of halogens is 2. The van der Waals surface area contributed by atoms with E-state index in [2.05, 4.69) is 15.6 Å². The highest BCUT2D eigenvalue weighted by Crippen LogP contribution is 2.27. The molecule has 6 nitrogen and oxygen atoms in total. The number of hydrogen-bond acceptors (Lipinski definition) is 4. The van der Waals surface area contributed by atoms with Gasteiger partial charge in [-0.3, -0.25) is 4.99 Å². The molecule has 0 saturated carbocycles. The maximum Gasteiger partial charge on any atom is 0.191 e. The van der Waals surface area contributed by atoms with E-state index in [0.717, 1.165) is 5.56 Å². The molecule has 0 radical (unpaired) electrons. The van der Waals surface area contributed by atoms with Crippen LogP contribution in [-0.2, 0) is 6.54 Å². The summed E-state index contributed by atoms with van der Waals surface area (Å²) in [5, 5.41) is 6.47. The van der Waals surface area contributed by atoms with Crippen LogP contribution in [0.25, 0.3) is 0 Å². The molecule has 0 spiro atoms. The average Bonchev–Trinajstić information content (AvgIpc) is 2.70. The number of guanidine groups is 1. The summed E-state index contributed by atoms with van der Waals surface area (Å²) < 4.78 is 29.6. The van der Waals surface area contributed by atoms with Gasteiger partial charge in [0.2, 0.25) is 0 Å². The molecule has 2 N–H and O–H groups in total. The fraction of sp³-hybridized carbons (Fsp3) is 0.381. The Balaban J connectivity index is 0.00000420. The summed E-state index contributed by atoms with van der Waals surface area (Å²) >= 11 is 0. The number of hydrogen-bond donors (Lipinski definition) is 2. The number of methoxy groups -OCH3 is 1. The third-order valence-corrected chi connectivity index (χ3v) is 3.92. The van der Waals surface area contributed by atoms with Gasteiger partial charge in [0.25, 0.3) is 0 Å². The predicted molar refractivity (Wildman–Crippen MR) is 124 cm³/mol. The van der Waals surface area contributed by atoms with Crippen molar-refractivity contribution in [2.24, 2.45) is 4.99 Å². The van der Waals surface area contributed by atoms with Crippen LogP contribution in [-0.4, -0.2) is 39.4 Å². The average molecular weight is 517 g/mol. The molecule has 0 fully saturated rings. The lowest BCUT2D eigenvalue weighted by atomic mass is 10.2. The number of nitrogens with one attached hydrogen (secondary N) is 2. The summed E-state index contributed by atoms with van der Waals surface area (Å²) in [4.78, 5) is 4.22. The van der Waals surface area contributed by atoms with Gasteiger partial charge in [0.15, 0.2) is 17.5 Å². The Hall–Kier alpha value is -2.23. The van der Waals surface area contributed by atoms with Gasteiger partial charge in [-0.15, -0.1) is 24.0 Å². The van der Waals surface area contributed by atoms with Crippen molar-refractivity contribution in [2.45, 2.75) is 26.5 Å². The van der Waals surface area contributed by atoms with E-state index in [4.69, 9.17) is 14.2 Å².